The van der Waals surface area contributed by atoms with Gasteiger partial charge >= 0.3 is 0 Å². The fourth-order valence-electron chi connectivity index (χ4n) is 2.69. The maximum absolute atomic E-state index is 12.6. The fraction of sp³-hybridized carbons (Fsp3) is 0.294. The summed E-state index contributed by atoms with van der Waals surface area (Å²) in [4.78, 5) is 18.7. The molecule has 0 atom stereocenters. The van der Waals surface area contributed by atoms with Crippen LogP contribution in [0.3, 0.4) is 0 Å². The minimum Gasteiger partial charge on any atom is -0.308 e. The molecule has 0 aliphatic carbocycles. The number of rotatable bonds is 1. The summed E-state index contributed by atoms with van der Waals surface area (Å²) in [5.41, 5.74) is 5.15. The lowest BCUT2D eigenvalue weighted by molar-refractivity contribution is 0.0984. The summed E-state index contributed by atoms with van der Waals surface area (Å²) in [6, 6.07) is 10.0. The van der Waals surface area contributed by atoms with Gasteiger partial charge in [0.2, 0.25) is 0 Å². The first-order chi connectivity index (χ1) is 9.65. The van der Waals surface area contributed by atoms with Gasteiger partial charge in [-0.05, 0) is 50.5 Å². The Morgan fingerprint density at radius 3 is 2.80 bits per heavy atom. The van der Waals surface area contributed by atoms with Gasteiger partial charge in [-0.3, -0.25) is 9.78 Å². The van der Waals surface area contributed by atoms with Crippen LogP contribution in [0.15, 0.2) is 36.5 Å². The third-order valence-corrected chi connectivity index (χ3v) is 3.76. The number of nitrogens with zero attached hydrogens (tertiary/aromatic N) is 2. The van der Waals surface area contributed by atoms with Crippen molar-refractivity contribution in [3.05, 3.63) is 58.9 Å². The predicted octanol–water partition coefficient (Wildman–Crippen LogP) is 3.29. The molecule has 3 rings (SSSR count). The summed E-state index contributed by atoms with van der Waals surface area (Å²) in [5, 5.41) is 0. The molecule has 0 fully saturated rings. The molecule has 0 radical (unpaired) electrons. The Labute approximate surface area is 119 Å². The van der Waals surface area contributed by atoms with Crippen molar-refractivity contribution in [2.45, 2.75) is 26.7 Å². The topological polar surface area (TPSA) is 33.2 Å². The first-order valence-electron chi connectivity index (χ1n) is 6.99. The molecule has 20 heavy (non-hydrogen) atoms. The van der Waals surface area contributed by atoms with Gasteiger partial charge in [0.25, 0.3) is 5.91 Å². The number of pyridine rings is 1. The van der Waals surface area contributed by atoms with Crippen molar-refractivity contribution in [3.63, 3.8) is 0 Å². The van der Waals surface area contributed by atoms with Crippen LogP contribution in [0.25, 0.3) is 0 Å². The number of hydrogen-bond donors (Lipinski definition) is 0. The summed E-state index contributed by atoms with van der Waals surface area (Å²) in [7, 11) is 0. The number of carbonyl (C=O) groups excluding carboxylic acids is 1. The normalized spacial score (nSPS) is 14.0. The summed E-state index contributed by atoms with van der Waals surface area (Å²) >= 11 is 0. The van der Waals surface area contributed by atoms with E-state index in [9.17, 15) is 4.79 Å². The monoisotopic (exact) mass is 266 g/mol. The SMILES string of the molecule is Cc1ccc2c(c1)CCCN2C(=O)c1ccc(C)nc1. The maximum Gasteiger partial charge on any atom is 0.259 e. The number of amides is 1. The van der Waals surface area contributed by atoms with Crippen molar-refractivity contribution in [3.8, 4) is 0 Å². The Balaban J connectivity index is 1.96. The van der Waals surface area contributed by atoms with Gasteiger partial charge in [0.15, 0.2) is 0 Å². The number of fused-ring (bicyclic) bond motifs is 1. The molecule has 1 aliphatic heterocycles. The van der Waals surface area contributed by atoms with Crippen LogP contribution in [-0.4, -0.2) is 17.4 Å². The molecule has 1 aliphatic rings. The van der Waals surface area contributed by atoms with E-state index in [2.05, 4.69) is 30.1 Å². The lowest BCUT2D eigenvalue weighted by Gasteiger charge is -2.29. The molecular weight excluding hydrogens is 248 g/mol. The molecule has 2 heterocycles. The zero-order valence-corrected chi connectivity index (χ0v) is 11.9. The Morgan fingerprint density at radius 2 is 2.05 bits per heavy atom. The highest BCUT2D eigenvalue weighted by Crippen LogP contribution is 2.29. The molecule has 102 valence electrons. The number of carbonyl (C=O) groups is 1. The summed E-state index contributed by atoms with van der Waals surface area (Å²) in [6.07, 6.45) is 3.73. The average molecular weight is 266 g/mol. The minimum atomic E-state index is 0.0438. The molecular formula is C17H18N2O. The van der Waals surface area contributed by atoms with Crippen LogP contribution in [0.5, 0.6) is 0 Å². The van der Waals surface area contributed by atoms with E-state index in [-0.39, 0.29) is 5.91 Å². The Bertz CT molecular complexity index is 647. The quantitative estimate of drug-likeness (QED) is 0.793. The van der Waals surface area contributed by atoms with Gasteiger partial charge in [-0.2, -0.15) is 0 Å². The van der Waals surface area contributed by atoms with Crippen molar-refractivity contribution in [2.24, 2.45) is 0 Å². The number of aromatic nitrogens is 1. The van der Waals surface area contributed by atoms with Crippen molar-refractivity contribution < 1.29 is 4.79 Å². The van der Waals surface area contributed by atoms with E-state index in [1.165, 1.54) is 11.1 Å². The third kappa shape index (κ3) is 2.31. The van der Waals surface area contributed by atoms with Gasteiger partial charge in [-0.15, -0.1) is 0 Å². The van der Waals surface area contributed by atoms with Gasteiger partial charge in [0, 0.05) is 24.1 Å². The van der Waals surface area contributed by atoms with Crippen LogP contribution < -0.4 is 4.90 Å². The highest BCUT2D eigenvalue weighted by Gasteiger charge is 2.23. The first kappa shape index (κ1) is 12.9. The van der Waals surface area contributed by atoms with E-state index in [1.807, 2.05) is 24.0 Å². The molecule has 2 aromatic rings. The molecule has 0 unspecified atom stereocenters. The van der Waals surface area contributed by atoms with E-state index < -0.39 is 0 Å². The van der Waals surface area contributed by atoms with Gasteiger partial charge < -0.3 is 4.90 Å². The second kappa shape index (κ2) is 5.08. The number of benzene rings is 1. The van der Waals surface area contributed by atoms with Crippen LogP contribution in [0, 0.1) is 13.8 Å². The third-order valence-electron chi connectivity index (χ3n) is 3.76. The highest BCUT2D eigenvalue weighted by atomic mass is 16.2. The molecule has 0 bridgehead atoms. The maximum atomic E-state index is 12.6. The summed E-state index contributed by atoms with van der Waals surface area (Å²) in [6.45, 7) is 4.79. The first-order valence-corrected chi connectivity index (χ1v) is 6.99. The van der Waals surface area contributed by atoms with Gasteiger partial charge in [0.05, 0.1) is 5.56 Å². The Morgan fingerprint density at radius 1 is 1.20 bits per heavy atom. The summed E-state index contributed by atoms with van der Waals surface area (Å²) < 4.78 is 0. The molecule has 3 nitrogen and oxygen atoms in total. The van der Waals surface area contributed by atoms with Crippen LogP contribution >= 0.6 is 0 Å². The molecule has 0 saturated heterocycles. The lowest BCUT2D eigenvalue weighted by Crippen LogP contribution is -2.35. The van der Waals surface area contributed by atoms with Gasteiger partial charge in [0.1, 0.15) is 0 Å². The zero-order valence-electron chi connectivity index (χ0n) is 11.9. The standard InChI is InChI=1S/C17H18N2O/c1-12-5-8-16-14(10-12)4-3-9-19(16)17(20)15-7-6-13(2)18-11-15/h5-8,10-11H,3-4,9H2,1-2H3. The molecule has 1 aromatic heterocycles. The minimum absolute atomic E-state index is 0.0438. The number of hydrogen-bond acceptors (Lipinski definition) is 2. The molecule has 0 spiro atoms. The van der Waals surface area contributed by atoms with Crippen LogP contribution in [0.4, 0.5) is 5.69 Å². The van der Waals surface area contributed by atoms with E-state index in [1.54, 1.807) is 6.20 Å². The molecule has 1 aromatic carbocycles. The Hall–Kier alpha value is -2.16. The van der Waals surface area contributed by atoms with Crippen molar-refractivity contribution in [1.82, 2.24) is 4.98 Å². The van der Waals surface area contributed by atoms with E-state index >= 15 is 0 Å². The van der Waals surface area contributed by atoms with E-state index in [0.29, 0.717) is 5.56 Å². The molecule has 0 saturated carbocycles. The second-order valence-electron chi connectivity index (χ2n) is 5.38. The molecule has 1 amide bonds. The zero-order chi connectivity index (χ0) is 14.1. The van der Waals surface area contributed by atoms with Crippen molar-refractivity contribution >= 4 is 11.6 Å². The van der Waals surface area contributed by atoms with Crippen molar-refractivity contribution in [2.75, 3.05) is 11.4 Å². The second-order valence-corrected chi connectivity index (χ2v) is 5.38. The van der Waals surface area contributed by atoms with Gasteiger partial charge in [-0.1, -0.05) is 17.7 Å². The highest BCUT2D eigenvalue weighted by molar-refractivity contribution is 6.06. The predicted molar refractivity (Wildman–Crippen MR) is 80.2 cm³/mol. The largest absolute Gasteiger partial charge is 0.308 e. The van der Waals surface area contributed by atoms with E-state index in [0.717, 1.165) is 30.8 Å². The Kier molecular flexibility index (Phi) is 3.26. The average Bonchev–Trinajstić information content (AvgIpc) is 2.46. The molecule has 0 N–H and O–H groups in total. The van der Waals surface area contributed by atoms with Crippen LogP contribution in [0.2, 0.25) is 0 Å². The smallest absolute Gasteiger partial charge is 0.259 e. The van der Waals surface area contributed by atoms with Crippen LogP contribution in [-0.2, 0) is 6.42 Å². The fourth-order valence-corrected chi connectivity index (χ4v) is 2.69. The van der Waals surface area contributed by atoms with E-state index in [4.69, 9.17) is 0 Å². The lowest BCUT2D eigenvalue weighted by atomic mass is 9.99. The van der Waals surface area contributed by atoms with Gasteiger partial charge in [-0.25, -0.2) is 0 Å². The number of aryl methyl sites for hydroxylation is 3. The number of anilines is 1. The summed E-state index contributed by atoms with van der Waals surface area (Å²) in [5.74, 6) is 0.0438. The molecule has 3 heteroatoms. The van der Waals surface area contributed by atoms with Crippen molar-refractivity contribution in [1.29, 1.82) is 0 Å². The van der Waals surface area contributed by atoms with Crippen LogP contribution in [0.1, 0.15) is 33.6 Å².